The van der Waals surface area contributed by atoms with Gasteiger partial charge in [0.25, 0.3) is 0 Å². The normalized spacial score (nSPS) is 11.3. The van der Waals surface area contributed by atoms with Crippen molar-refractivity contribution in [1.82, 2.24) is 9.78 Å². The Balaban J connectivity index is 2.61. The van der Waals surface area contributed by atoms with Crippen molar-refractivity contribution in [2.24, 2.45) is 7.05 Å². The van der Waals surface area contributed by atoms with E-state index in [0.717, 1.165) is 5.69 Å². The van der Waals surface area contributed by atoms with Crippen LogP contribution in [0.5, 0.6) is 0 Å². The Morgan fingerprint density at radius 2 is 1.55 bits per heavy atom. The Bertz CT molecular complexity index is 372. The lowest BCUT2D eigenvalue weighted by Crippen LogP contribution is -2.20. The minimum absolute atomic E-state index is 0.606. The lowest BCUT2D eigenvalue weighted by molar-refractivity contribution is 0.526. The Hall–Kier alpha value is -0.990. The van der Waals surface area contributed by atoms with E-state index in [4.69, 9.17) is 0 Å². The Kier molecular flexibility index (Phi) is 7.71. The number of anilines is 1. The monoisotopic (exact) mass is 279 g/mol. The van der Waals surface area contributed by atoms with Crippen LogP contribution < -0.4 is 5.32 Å². The third-order valence-electron chi connectivity index (χ3n) is 4.17. The first kappa shape index (κ1) is 17.1. The summed E-state index contributed by atoms with van der Waals surface area (Å²) in [4.78, 5) is 0. The topological polar surface area (TPSA) is 29.9 Å². The van der Waals surface area contributed by atoms with Gasteiger partial charge in [-0.25, -0.2) is 0 Å². The van der Waals surface area contributed by atoms with Gasteiger partial charge in [-0.05, 0) is 26.7 Å². The predicted molar refractivity (Wildman–Crippen MR) is 88.4 cm³/mol. The molecule has 1 N–H and O–H groups in total. The molecule has 0 fully saturated rings. The molecule has 3 heteroatoms. The van der Waals surface area contributed by atoms with Gasteiger partial charge in [-0.1, -0.05) is 52.4 Å². The van der Waals surface area contributed by atoms with Crippen molar-refractivity contribution in [3.8, 4) is 0 Å². The van der Waals surface area contributed by atoms with Crippen molar-refractivity contribution in [3.63, 3.8) is 0 Å². The van der Waals surface area contributed by atoms with Gasteiger partial charge in [-0.2, -0.15) is 5.10 Å². The van der Waals surface area contributed by atoms with Gasteiger partial charge in [-0.3, -0.25) is 4.68 Å². The maximum Gasteiger partial charge on any atom is 0.0827 e. The molecule has 0 aliphatic rings. The Labute approximate surface area is 125 Å². The molecule has 0 aromatic carbocycles. The molecule has 20 heavy (non-hydrogen) atoms. The number of nitrogens with one attached hydrogen (secondary N) is 1. The maximum absolute atomic E-state index is 4.51. The quantitative estimate of drug-likeness (QED) is 0.612. The molecule has 1 heterocycles. The zero-order valence-electron chi connectivity index (χ0n) is 14.1. The van der Waals surface area contributed by atoms with Crippen molar-refractivity contribution in [3.05, 3.63) is 11.4 Å². The zero-order chi connectivity index (χ0) is 15.0. The van der Waals surface area contributed by atoms with E-state index >= 15 is 0 Å². The highest BCUT2D eigenvalue weighted by Crippen LogP contribution is 2.23. The molecule has 0 unspecified atom stereocenters. The lowest BCUT2D eigenvalue weighted by atomic mass is 10.0. The van der Waals surface area contributed by atoms with Crippen molar-refractivity contribution in [2.45, 2.75) is 85.1 Å². The number of hydrogen-bond acceptors (Lipinski definition) is 2. The van der Waals surface area contributed by atoms with Crippen molar-refractivity contribution >= 4 is 5.69 Å². The van der Waals surface area contributed by atoms with E-state index in [-0.39, 0.29) is 0 Å². The molecule has 116 valence electrons. The van der Waals surface area contributed by atoms with Crippen LogP contribution in [0.2, 0.25) is 0 Å². The third-order valence-corrected chi connectivity index (χ3v) is 4.17. The number of unbranched alkanes of at least 4 members (excludes halogenated alkanes) is 4. The first-order valence-corrected chi connectivity index (χ1v) is 8.36. The smallest absolute Gasteiger partial charge is 0.0827 e. The Morgan fingerprint density at radius 3 is 1.95 bits per heavy atom. The number of aromatic nitrogens is 2. The van der Waals surface area contributed by atoms with Gasteiger partial charge < -0.3 is 5.32 Å². The molecule has 0 aliphatic heterocycles. The molecule has 0 atom stereocenters. The Morgan fingerprint density at radius 1 is 1.00 bits per heavy atom. The first-order valence-electron chi connectivity index (χ1n) is 8.36. The molecule has 0 aliphatic carbocycles. The summed E-state index contributed by atoms with van der Waals surface area (Å²) in [5, 5.41) is 8.28. The second-order valence-electron chi connectivity index (χ2n) is 6.00. The number of hydrogen-bond donors (Lipinski definition) is 1. The van der Waals surface area contributed by atoms with Crippen LogP contribution in [0, 0.1) is 13.8 Å². The van der Waals surface area contributed by atoms with E-state index in [1.165, 1.54) is 62.7 Å². The average Bonchev–Trinajstić information content (AvgIpc) is 2.65. The molecule has 0 spiro atoms. The van der Waals surface area contributed by atoms with Crippen LogP contribution in [0.4, 0.5) is 5.69 Å². The first-order chi connectivity index (χ1) is 9.60. The summed E-state index contributed by atoms with van der Waals surface area (Å²) >= 11 is 0. The summed E-state index contributed by atoms with van der Waals surface area (Å²) < 4.78 is 1.98. The van der Waals surface area contributed by atoms with Crippen LogP contribution in [0.25, 0.3) is 0 Å². The van der Waals surface area contributed by atoms with E-state index in [1.807, 2.05) is 11.7 Å². The molecule has 0 radical (unpaired) electrons. The summed E-state index contributed by atoms with van der Waals surface area (Å²) in [5.74, 6) is 0. The van der Waals surface area contributed by atoms with Crippen LogP contribution in [0.1, 0.15) is 76.6 Å². The van der Waals surface area contributed by atoms with Gasteiger partial charge in [0.2, 0.25) is 0 Å². The molecule has 0 saturated carbocycles. The highest BCUT2D eigenvalue weighted by atomic mass is 15.3. The summed E-state index contributed by atoms with van der Waals surface area (Å²) in [5.41, 5.74) is 3.63. The van der Waals surface area contributed by atoms with E-state index in [9.17, 15) is 0 Å². The molecular formula is C17H33N3. The largest absolute Gasteiger partial charge is 0.379 e. The molecular weight excluding hydrogens is 246 g/mol. The van der Waals surface area contributed by atoms with Crippen LogP contribution in [-0.2, 0) is 7.05 Å². The van der Waals surface area contributed by atoms with Crippen LogP contribution >= 0.6 is 0 Å². The number of rotatable bonds is 10. The second-order valence-corrected chi connectivity index (χ2v) is 6.00. The maximum atomic E-state index is 4.51. The van der Waals surface area contributed by atoms with Gasteiger partial charge in [0.05, 0.1) is 17.1 Å². The van der Waals surface area contributed by atoms with Crippen LogP contribution in [0.15, 0.2) is 0 Å². The van der Waals surface area contributed by atoms with Crippen LogP contribution in [-0.4, -0.2) is 15.8 Å². The molecule has 0 amide bonds. The van der Waals surface area contributed by atoms with E-state index in [2.05, 4.69) is 38.1 Å². The fourth-order valence-electron chi connectivity index (χ4n) is 2.76. The SMILES string of the molecule is CCCCCC(CCCCC)Nc1c(C)nn(C)c1C. The number of nitrogens with zero attached hydrogens (tertiary/aromatic N) is 2. The molecule has 1 rings (SSSR count). The molecule has 1 aromatic heterocycles. The average molecular weight is 279 g/mol. The predicted octanol–water partition coefficient (Wildman–Crippen LogP) is 4.98. The van der Waals surface area contributed by atoms with Crippen molar-refractivity contribution in [1.29, 1.82) is 0 Å². The zero-order valence-corrected chi connectivity index (χ0v) is 14.1. The summed E-state index contributed by atoms with van der Waals surface area (Å²) in [6, 6.07) is 0.606. The molecule has 0 bridgehead atoms. The van der Waals surface area contributed by atoms with E-state index < -0.39 is 0 Å². The van der Waals surface area contributed by atoms with Gasteiger partial charge in [0.15, 0.2) is 0 Å². The van der Waals surface area contributed by atoms with Gasteiger partial charge in [0, 0.05) is 13.1 Å². The van der Waals surface area contributed by atoms with Gasteiger partial charge >= 0.3 is 0 Å². The molecule has 1 aromatic rings. The van der Waals surface area contributed by atoms with E-state index in [0.29, 0.717) is 6.04 Å². The minimum Gasteiger partial charge on any atom is -0.379 e. The summed E-state index contributed by atoms with van der Waals surface area (Å²) in [6.07, 6.45) is 10.5. The van der Waals surface area contributed by atoms with Crippen LogP contribution in [0.3, 0.4) is 0 Å². The van der Waals surface area contributed by atoms with Crippen molar-refractivity contribution in [2.75, 3.05) is 5.32 Å². The second kappa shape index (κ2) is 9.04. The molecule has 0 saturated heterocycles. The van der Waals surface area contributed by atoms with Crippen molar-refractivity contribution < 1.29 is 0 Å². The van der Waals surface area contributed by atoms with Gasteiger partial charge in [0.1, 0.15) is 0 Å². The molecule has 3 nitrogen and oxygen atoms in total. The fourth-order valence-corrected chi connectivity index (χ4v) is 2.76. The summed E-state index contributed by atoms with van der Waals surface area (Å²) in [6.45, 7) is 8.80. The third kappa shape index (κ3) is 5.18. The summed E-state index contributed by atoms with van der Waals surface area (Å²) in [7, 11) is 2.02. The lowest BCUT2D eigenvalue weighted by Gasteiger charge is -2.20. The fraction of sp³-hybridized carbons (Fsp3) is 0.824. The number of aryl methyl sites for hydroxylation is 2. The highest BCUT2D eigenvalue weighted by Gasteiger charge is 2.14. The highest BCUT2D eigenvalue weighted by molar-refractivity contribution is 5.52. The van der Waals surface area contributed by atoms with Gasteiger partial charge in [-0.15, -0.1) is 0 Å². The van der Waals surface area contributed by atoms with E-state index in [1.54, 1.807) is 0 Å². The minimum atomic E-state index is 0.606. The standard InChI is InChI=1S/C17H33N3/c1-6-8-10-12-16(13-11-9-7-2)18-17-14(3)19-20(5)15(17)4/h16,18H,6-13H2,1-5H3.